The first-order valence-corrected chi connectivity index (χ1v) is 9.24. The molecule has 3 aromatic rings. The van der Waals surface area contributed by atoms with Crippen molar-refractivity contribution in [2.75, 3.05) is 4.90 Å². The lowest BCUT2D eigenvalue weighted by Crippen LogP contribution is -2.36. The summed E-state index contributed by atoms with van der Waals surface area (Å²) in [6, 6.07) is 19.1. The number of aromatic nitrogens is 2. The summed E-state index contributed by atoms with van der Waals surface area (Å²) in [6.07, 6.45) is 3.77. The second-order valence-electron chi connectivity index (χ2n) is 5.48. The molecule has 0 saturated carbocycles. The highest BCUT2D eigenvalue weighted by Gasteiger charge is 2.42. The molecule has 0 amide bonds. The molecule has 0 saturated heterocycles. The Morgan fingerprint density at radius 3 is 1.83 bits per heavy atom. The Hall–Kier alpha value is -1.98. The summed E-state index contributed by atoms with van der Waals surface area (Å²) in [7, 11) is 0. The number of pyridine rings is 2. The lowest BCUT2D eigenvalue weighted by molar-refractivity contribution is 0.693. The molecule has 0 N–H and O–H groups in total. The minimum atomic E-state index is 0.217. The molecule has 0 spiro atoms. The molecule has 2 aromatic heterocycles. The Bertz CT molecular complexity index is 815. The largest absolute Gasteiger partial charge is 0.338 e. The minimum Gasteiger partial charge on any atom is -0.338 e. The molecule has 2 bridgehead atoms. The fraction of sp³-hybridized carbons (Fsp3) is 0.111. The quantitative estimate of drug-likeness (QED) is 0.631. The number of benzene rings is 1. The van der Waals surface area contributed by atoms with Crippen molar-refractivity contribution in [2.24, 2.45) is 0 Å². The number of hydrogen-bond donors (Lipinski definition) is 0. The van der Waals surface area contributed by atoms with E-state index in [1.165, 1.54) is 16.8 Å². The van der Waals surface area contributed by atoms with E-state index >= 15 is 0 Å². The van der Waals surface area contributed by atoms with Crippen LogP contribution in [0, 0.1) is 0 Å². The number of anilines is 1. The molecule has 0 fully saturated rings. The Labute approximate surface area is 143 Å². The minimum absolute atomic E-state index is 0.217. The molecule has 2 aliphatic rings. The number of nitrogens with zero attached hydrogens (tertiary/aromatic N) is 3. The van der Waals surface area contributed by atoms with Gasteiger partial charge in [0.05, 0.1) is 0 Å². The van der Waals surface area contributed by atoms with E-state index in [4.69, 9.17) is 0 Å². The number of fused-ring (bicyclic) bond motifs is 6. The van der Waals surface area contributed by atoms with Crippen LogP contribution >= 0.6 is 23.5 Å². The fourth-order valence-electron chi connectivity index (χ4n) is 3.12. The van der Waals surface area contributed by atoms with Crippen LogP contribution in [0.2, 0.25) is 0 Å². The second kappa shape index (κ2) is 5.28. The summed E-state index contributed by atoms with van der Waals surface area (Å²) in [6.45, 7) is 0. The van der Waals surface area contributed by atoms with Gasteiger partial charge in [0.1, 0.15) is 20.8 Å². The van der Waals surface area contributed by atoms with Gasteiger partial charge in [-0.3, -0.25) is 0 Å². The number of para-hydroxylation sites is 1. The Kier molecular flexibility index (Phi) is 3.09. The molecule has 5 rings (SSSR count). The molecule has 0 radical (unpaired) electrons. The van der Waals surface area contributed by atoms with Gasteiger partial charge >= 0.3 is 0 Å². The van der Waals surface area contributed by atoms with Crippen LogP contribution in [-0.2, 0) is 0 Å². The van der Waals surface area contributed by atoms with Gasteiger partial charge in [0.2, 0.25) is 0 Å². The Balaban J connectivity index is 1.73. The standard InChI is InChI=1S/C18H13N3S2/c1-2-6-12(7-3-1)21-17-13-8-4-10-19-15(13)22-18(21)14-9-5-11-20-16(14)23-17/h1-11,17-18H/t17-,18-/m1/s1. The van der Waals surface area contributed by atoms with Crippen molar-refractivity contribution in [2.45, 2.75) is 20.8 Å². The smallest absolute Gasteiger partial charge is 0.111 e. The van der Waals surface area contributed by atoms with Gasteiger partial charge in [0.25, 0.3) is 0 Å². The zero-order chi connectivity index (χ0) is 15.2. The summed E-state index contributed by atoms with van der Waals surface area (Å²) < 4.78 is 0. The van der Waals surface area contributed by atoms with Crippen molar-refractivity contribution in [3.8, 4) is 0 Å². The van der Waals surface area contributed by atoms with Crippen LogP contribution in [0.5, 0.6) is 0 Å². The number of hydrogen-bond acceptors (Lipinski definition) is 5. The van der Waals surface area contributed by atoms with Gasteiger partial charge in [0, 0.05) is 29.2 Å². The average Bonchev–Trinajstić information content (AvgIpc) is 2.62. The van der Waals surface area contributed by atoms with Gasteiger partial charge in [-0.1, -0.05) is 53.9 Å². The monoisotopic (exact) mass is 335 g/mol. The zero-order valence-electron chi connectivity index (χ0n) is 12.2. The summed E-state index contributed by atoms with van der Waals surface area (Å²) in [5, 5.41) is 2.71. The summed E-state index contributed by atoms with van der Waals surface area (Å²) in [4.78, 5) is 11.7. The van der Waals surface area contributed by atoms with E-state index in [-0.39, 0.29) is 10.7 Å². The van der Waals surface area contributed by atoms with E-state index in [1.54, 1.807) is 0 Å². The van der Waals surface area contributed by atoms with Crippen LogP contribution in [0.3, 0.4) is 0 Å². The van der Waals surface area contributed by atoms with Crippen molar-refractivity contribution in [1.82, 2.24) is 9.97 Å². The molecule has 2 atom stereocenters. The zero-order valence-corrected chi connectivity index (χ0v) is 13.8. The van der Waals surface area contributed by atoms with Crippen molar-refractivity contribution < 1.29 is 0 Å². The topological polar surface area (TPSA) is 29.0 Å². The first kappa shape index (κ1) is 13.5. The lowest BCUT2D eigenvalue weighted by Gasteiger charge is -2.46. The van der Waals surface area contributed by atoms with Crippen LogP contribution in [0.25, 0.3) is 0 Å². The molecule has 112 valence electrons. The predicted molar refractivity (Wildman–Crippen MR) is 94.6 cm³/mol. The van der Waals surface area contributed by atoms with E-state index in [1.807, 2.05) is 48.1 Å². The van der Waals surface area contributed by atoms with Crippen molar-refractivity contribution >= 4 is 29.2 Å². The maximum absolute atomic E-state index is 4.61. The third-order valence-electron chi connectivity index (χ3n) is 4.14. The normalized spacial score (nSPS) is 21.5. The molecule has 3 nitrogen and oxygen atoms in total. The molecule has 2 aliphatic heterocycles. The molecule has 4 heterocycles. The molecular weight excluding hydrogens is 322 g/mol. The highest BCUT2D eigenvalue weighted by Crippen LogP contribution is 2.60. The van der Waals surface area contributed by atoms with Gasteiger partial charge in [-0.15, -0.1) is 0 Å². The van der Waals surface area contributed by atoms with Crippen molar-refractivity contribution in [3.05, 3.63) is 78.1 Å². The van der Waals surface area contributed by atoms with Gasteiger partial charge in [0.15, 0.2) is 0 Å². The van der Waals surface area contributed by atoms with Crippen molar-refractivity contribution in [3.63, 3.8) is 0 Å². The van der Waals surface area contributed by atoms with Gasteiger partial charge < -0.3 is 4.90 Å². The van der Waals surface area contributed by atoms with Crippen LogP contribution in [0.15, 0.2) is 77.0 Å². The van der Waals surface area contributed by atoms with Gasteiger partial charge in [-0.25, -0.2) is 9.97 Å². The van der Waals surface area contributed by atoms with Crippen molar-refractivity contribution in [1.29, 1.82) is 0 Å². The number of rotatable bonds is 1. The predicted octanol–water partition coefficient (Wildman–Crippen LogP) is 4.89. The third kappa shape index (κ3) is 2.07. The molecule has 1 aromatic carbocycles. The van der Waals surface area contributed by atoms with E-state index in [9.17, 15) is 0 Å². The second-order valence-corrected chi connectivity index (χ2v) is 7.62. The summed E-state index contributed by atoms with van der Waals surface area (Å²) in [5.74, 6) is 0. The molecule has 23 heavy (non-hydrogen) atoms. The van der Waals surface area contributed by atoms with Gasteiger partial charge in [-0.05, 0) is 24.3 Å². The summed E-state index contributed by atoms with van der Waals surface area (Å²) in [5.41, 5.74) is 3.80. The highest BCUT2D eigenvalue weighted by molar-refractivity contribution is 8.02. The number of thioether (sulfide) groups is 2. The first-order valence-electron chi connectivity index (χ1n) is 7.48. The molecule has 5 heteroatoms. The SMILES string of the molecule is c1ccc(N2[C@@H]3Sc4ncccc4[C@H]2Sc2ncccc23)cc1. The van der Waals surface area contributed by atoms with Crippen LogP contribution in [-0.4, -0.2) is 9.97 Å². The first-order chi connectivity index (χ1) is 11.4. The van der Waals surface area contributed by atoms with E-state index in [2.05, 4.69) is 57.3 Å². The molecule has 0 unspecified atom stereocenters. The fourth-order valence-corrected chi connectivity index (χ4v) is 6.00. The van der Waals surface area contributed by atoms with Gasteiger partial charge in [-0.2, -0.15) is 0 Å². The maximum Gasteiger partial charge on any atom is 0.111 e. The third-order valence-corrected chi connectivity index (χ3v) is 6.68. The van der Waals surface area contributed by atoms with E-state index in [0.717, 1.165) is 10.1 Å². The maximum atomic E-state index is 4.61. The summed E-state index contributed by atoms with van der Waals surface area (Å²) >= 11 is 3.64. The average molecular weight is 335 g/mol. The Morgan fingerprint density at radius 1 is 0.696 bits per heavy atom. The van der Waals surface area contributed by atoms with Crippen LogP contribution in [0.1, 0.15) is 21.9 Å². The lowest BCUT2D eigenvalue weighted by atomic mass is 10.1. The van der Waals surface area contributed by atoms with Crippen LogP contribution < -0.4 is 4.90 Å². The van der Waals surface area contributed by atoms with E-state index in [0.29, 0.717) is 0 Å². The van der Waals surface area contributed by atoms with Crippen LogP contribution in [0.4, 0.5) is 5.69 Å². The Morgan fingerprint density at radius 2 is 1.26 bits per heavy atom. The molecular formula is C18H13N3S2. The highest BCUT2D eigenvalue weighted by atomic mass is 32.2. The molecule has 0 aliphatic carbocycles. The van der Waals surface area contributed by atoms with E-state index < -0.39 is 0 Å².